The van der Waals surface area contributed by atoms with Gasteiger partial charge in [-0.15, -0.1) is 0 Å². The number of Topliss-reactive ketones (excluding diaryl/α,β-unsaturated/α-hetero) is 1. The largest absolute Gasteiger partial charge is 0.393 e. The SMILES string of the molecule is C[C@]12CC[C@H](O)C[C@@H]1CC[C@H]1[C@H]2[C@@H](O)C[C@]2(C)C(=O)CC[C@H]12. The van der Waals surface area contributed by atoms with Gasteiger partial charge in [-0.3, -0.25) is 4.79 Å². The lowest BCUT2D eigenvalue weighted by molar-refractivity contribution is -0.175. The molecule has 0 saturated heterocycles. The zero-order valence-electron chi connectivity index (χ0n) is 13.9. The van der Waals surface area contributed by atoms with Gasteiger partial charge in [0.2, 0.25) is 0 Å². The van der Waals surface area contributed by atoms with Crippen LogP contribution in [0.5, 0.6) is 0 Å². The maximum absolute atomic E-state index is 12.4. The van der Waals surface area contributed by atoms with Gasteiger partial charge in [0.1, 0.15) is 5.78 Å². The summed E-state index contributed by atoms with van der Waals surface area (Å²) in [6, 6.07) is 0. The predicted octanol–water partition coefficient (Wildman–Crippen LogP) is 2.93. The Balaban J connectivity index is 1.69. The van der Waals surface area contributed by atoms with E-state index >= 15 is 0 Å². The molecule has 0 amide bonds. The lowest BCUT2D eigenvalue weighted by atomic mass is 9.44. The molecule has 3 nitrogen and oxygen atoms in total. The monoisotopic (exact) mass is 306 g/mol. The topological polar surface area (TPSA) is 57.5 Å². The summed E-state index contributed by atoms with van der Waals surface area (Å²) in [5, 5.41) is 21.0. The standard InChI is InChI=1S/C19H30O3/c1-18-8-7-12(20)9-11(18)3-4-13-14-5-6-16(22)19(14,2)10-15(21)17(13)18/h11-15,17,20-21H,3-10H2,1-2H3/t11-,12-,13+,14+,15-,17-,18-,19-/m0/s1. The van der Waals surface area contributed by atoms with Crippen molar-refractivity contribution in [2.75, 3.05) is 0 Å². The predicted molar refractivity (Wildman–Crippen MR) is 84.1 cm³/mol. The van der Waals surface area contributed by atoms with Crippen LogP contribution in [0.3, 0.4) is 0 Å². The van der Waals surface area contributed by atoms with Crippen LogP contribution in [0.25, 0.3) is 0 Å². The van der Waals surface area contributed by atoms with Crippen LogP contribution in [0.15, 0.2) is 0 Å². The van der Waals surface area contributed by atoms with Gasteiger partial charge in [-0.25, -0.2) is 0 Å². The molecule has 0 bridgehead atoms. The van der Waals surface area contributed by atoms with Crippen LogP contribution >= 0.6 is 0 Å². The van der Waals surface area contributed by atoms with Crippen molar-refractivity contribution in [2.24, 2.45) is 34.5 Å². The summed E-state index contributed by atoms with van der Waals surface area (Å²) in [5.41, 5.74) is -0.105. The minimum atomic E-state index is -0.337. The summed E-state index contributed by atoms with van der Waals surface area (Å²) in [5.74, 6) is 2.27. The first-order valence-electron chi connectivity index (χ1n) is 9.25. The van der Waals surface area contributed by atoms with Gasteiger partial charge in [0.25, 0.3) is 0 Å². The van der Waals surface area contributed by atoms with Crippen LogP contribution in [-0.2, 0) is 4.79 Å². The molecule has 0 aromatic carbocycles. The van der Waals surface area contributed by atoms with Crippen molar-refractivity contribution in [3.63, 3.8) is 0 Å². The Morgan fingerprint density at radius 3 is 2.64 bits per heavy atom. The number of hydrogen-bond acceptors (Lipinski definition) is 3. The molecule has 3 heteroatoms. The lowest BCUT2D eigenvalue weighted by Gasteiger charge is -2.61. The second kappa shape index (κ2) is 4.80. The van der Waals surface area contributed by atoms with Crippen LogP contribution in [0.1, 0.15) is 65.2 Å². The molecule has 0 heterocycles. The van der Waals surface area contributed by atoms with E-state index in [4.69, 9.17) is 0 Å². The van der Waals surface area contributed by atoms with E-state index in [9.17, 15) is 15.0 Å². The smallest absolute Gasteiger partial charge is 0.139 e. The molecule has 8 atom stereocenters. The van der Waals surface area contributed by atoms with Crippen molar-refractivity contribution < 1.29 is 15.0 Å². The quantitative estimate of drug-likeness (QED) is 0.723. The highest BCUT2D eigenvalue weighted by molar-refractivity contribution is 5.87. The number of aliphatic hydroxyl groups is 2. The highest BCUT2D eigenvalue weighted by atomic mass is 16.3. The fourth-order valence-corrected chi connectivity index (χ4v) is 7.13. The summed E-state index contributed by atoms with van der Waals surface area (Å²) in [7, 11) is 0. The molecule has 0 unspecified atom stereocenters. The Labute approximate surface area is 133 Å². The van der Waals surface area contributed by atoms with Crippen LogP contribution in [0, 0.1) is 34.5 Å². The van der Waals surface area contributed by atoms with Gasteiger partial charge >= 0.3 is 0 Å². The highest BCUT2D eigenvalue weighted by Crippen LogP contribution is 2.65. The van der Waals surface area contributed by atoms with Crippen LogP contribution in [0.4, 0.5) is 0 Å². The number of carbonyl (C=O) groups excluding carboxylic acids is 1. The van der Waals surface area contributed by atoms with Gasteiger partial charge in [-0.05, 0) is 74.0 Å². The van der Waals surface area contributed by atoms with E-state index in [1.165, 1.54) is 6.42 Å². The minimum absolute atomic E-state index is 0.145. The van der Waals surface area contributed by atoms with Crippen molar-refractivity contribution >= 4 is 5.78 Å². The molecular weight excluding hydrogens is 276 g/mol. The maximum atomic E-state index is 12.4. The Kier molecular flexibility index (Phi) is 3.30. The summed E-state index contributed by atoms with van der Waals surface area (Å²) in [6.45, 7) is 4.48. The molecular formula is C19H30O3. The molecule has 4 aliphatic rings. The molecule has 0 aromatic heterocycles. The van der Waals surface area contributed by atoms with Crippen LogP contribution < -0.4 is 0 Å². The number of fused-ring (bicyclic) bond motifs is 5. The average Bonchev–Trinajstić information content (AvgIpc) is 2.75. The van der Waals surface area contributed by atoms with Crippen molar-refractivity contribution in [3.05, 3.63) is 0 Å². The first-order chi connectivity index (χ1) is 10.4. The summed E-state index contributed by atoms with van der Waals surface area (Å²) < 4.78 is 0. The Hall–Kier alpha value is -0.410. The lowest BCUT2D eigenvalue weighted by Crippen LogP contribution is -2.59. The summed E-state index contributed by atoms with van der Waals surface area (Å²) >= 11 is 0. The van der Waals surface area contributed by atoms with Crippen molar-refractivity contribution in [1.82, 2.24) is 0 Å². The molecule has 2 N–H and O–H groups in total. The van der Waals surface area contributed by atoms with Gasteiger partial charge in [-0.2, -0.15) is 0 Å². The van der Waals surface area contributed by atoms with Gasteiger partial charge in [0.15, 0.2) is 0 Å². The molecule has 4 rings (SSSR count). The van der Waals surface area contributed by atoms with E-state index in [0.717, 1.165) is 38.5 Å². The van der Waals surface area contributed by atoms with Crippen LogP contribution in [-0.4, -0.2) is 28.2 Å². The van der Waals surface area contributed by atoms with E-state index < -0.39 is 0 Å². The minimum Gasteiger partial charge on any atom is -0.393 e. The third-order valence-corrected chi connectivity index (χ3v) is 8.28. The van der Waals surface area contributed by atoms with E-state index in [1.807, 2.05) is 0 Å². The molecule has 4 aliphatic carbocycles. The van der Waals surface area contributed by atoms with Crippen LogP contribution in [0.2, 0.25) is 0 Å². The number of rotatable bonds is 0. The summed E-state index contributed by atoms with van der Waals surface area (Å²) in [6.07, 6.45) is 7.08. The van der Waals surface area contributed by atoms with Gasteiger partial charge < -0.3 is 10.2 Å². The molecule has 0 radical (unpaired) electrons. The maximum Gasteiger partial charge on any atom is 0.139 e. The number of carbonyl (C=O) groups is 1. The zero-order chi connectivity index (χ0) is 15.7. The van der Waals surface area contributed by atoms with E-state index in [-0.39, 0.29) is 23.0 Å². The Bertz CT molecular complexity index is 489. The van der Waals surface area contributed by atoms with Crippen molar-refractivity contribution in [2.45, 2.75) is 77.4 Å². The number of aliphatic hydroxyl groups excluding tert-OH is 2. The first-order valence-corrected chi connectivity index (χ1v) is 9.25. The third-order valence-electron chi connectivity index (χ3n) is 8.28. The highest BCUT2D eigenvalue weighted by Gasteiger charge is 2.63. The second-order valence-corrected chi connectivity index (χ2v) is 9.16. The molecule has 124 valence electrons. The fraction of sp³-hybridized carbons (Fsp3) is 0.947. The van der Waals surface area contributed by atoms with Crippen molar-refractivity contribution in [3.8, 4) is 0 Å². The molecule has 4 fully saturated rings. The molecule has 0 aromatic rings. The molecule has 0 aliphatic heterocycles. The Morgan fingerprint density at radius 2 is 1.86 bits per heavy atom. The molecule has 0 spiro atoms. The van der Waals surface area contributed by atoms with E-state index in [1.54, 1.807) is 0 Å². The van der Waals surface area contributed by atoms with Crippen molar-refractivity contribution in [1.29, 1.82) is 0 Å². The Morgan fingerprint density at radius 1 is 1.09 bits per heavy atom. The third kappa shape index (κ3) is 1.84. The molecule has 4 saturated carbocycles. The molecule has 22 heavy (non-hydrogen) atoms. The van der Waals surface area contributed by atoms with Gasteiger partial charge in [-0.1, -0.05) is 13.8 Å². The van der Waals surface area contributed by atoms with Gasteiger partial charge in [0.05, 0.1) is 12.2 Å². The average molecular weight is 306 g/mol. The fourth-order valence-electron chi connectivity index (χ4n) is 7.13. The number of ketones is 1. The normalized spacial score (nSPS) is 57.9. The van der Waals surface area contributed by atoms with E-state index in [2.05, 4.69) is 13.8 Å². The van der Waals surface area contributed by atoms with E-state index in [0.29, 0.717) is 35.9 Å². The second-order valence-electron chi connectivity index (χ2n) is 9.16. The van der Waals surface area contributed by atoms with Gasteiger partial charge in [0, 0.05) is 11.8 Å². The zero-order valence-corrected chi connectivity index (χ0v) is 13.9. The first kappa shape index (κ1) is 15.1. The number of hydrogen-bond donors (Lipinski definition) is 2. The summed E-state index contributed by atoms with van der Waals surface area (Å²) in [4.78, 5) is 12.4.